The van der Waals surface area contributed by atoms with Crippen molar-refractivity contribution in [1.82, 2.24) is 5.32 Å². The predicted octanol–water partition coefficient (Wildman–Crippen LogP) is 5.18. The number of nitrogens with zero attached hydrogens (tertiary/aromatic N) is 1. The van der Waals surface area contributed by atoms with Crippen LogP contribution in [0.2, 0.25) is 5.02 Å². The van der Waals surface area contributed by atoms with Gasteiger partial charge in [-0.1, -0.05) is 48.0 Å². The zero-order valence-electron chi connectivity index (χ0n) is 19.7. The highest BCUT2D eigenvalue weighted by Gasteiger charge is 2.22. The first kappa shape index (κ1) is 26.4. The number of halogens is 1. The number of hydrogen-bond donors (Lipinski definition) is 1. The Balaban J connectivity index is 1.57. The fourth-order valence-electron chi connectivity index (χ4n) is 3.39. The smallest absolute Gasteiger partial charge is 0.232 e. The maximum Gasteiger partial charge on any atom is 0.232 e. The highest BCUT2D eigenvalue weighted by molar-refractivity contribution is 7.92. The van der Waals surface area contributed by atoms with Gasteiger partial charge in [0.1, 0.15) is 18.1 Å². The van der Waals surface area contributed by atoms with Crippen molar-refractivity contribution >= 4 is 33.2 Å². The fourth-order valence-corrected chi connectivity index (χ4v) is 4.52. The van der Waals surface area contributed by atoms with Gasteiger partial charge in [0.05, 0.1) is 18.5 Å². The third-order valence-corrected chi connectivity index (χ3v) is 6.52. The summed E-state index contributed by atoms with van der Waals surface area (Å²) in [6, 6.07) is 21.5. The molecule has 3 rings (SSSR count). The molecule has 0 aliphatic carbocycles. The van der Waals surface area contributed by atoms with E-state index in [4.69, 9.17) is 21.1 Å². The van der Waals surface area contributed by atoms with E-state index in [0.29, 0.717) is 41.8 Å². The molecule has 1 amide bonds. The van der Waals surface area contributed by atoms with Gasteiger partial charge in [0.2, 0.25) is 15.9 Å². The Morgan fingerprint density at radius 2 is 1.71 bits per heavy atom. The highest BCUT2D eigenvalue weighted by atomic mass is 35.5. The van der Waals surface area contributed by atoms with Crippen molar-refractivity contribution in [2.75, 3.05) is 30.3 Å². The number of hydrogen-bond acceptors (Lipinski definition) is 5. The number of carbonyl (C=O) groups is 1. The van der Waals surface area contributed by atoms with Crippen LogP contribution >= 0.6 is 11.6 Å². The second kappa shape index (κ2) is 12.5. The van der Waals surface area contributed by atoms with Gasteiger partial charge in [0, 0.05) is 18.0 Å². The zero-order chi connectivity index (χ0) is 25.3. The number of anilines is 1. The van der Waals surface area contributed by atoms with E-state index in [1.807, 2.05) is 49.4 Å². The van der Waals surface area contributed by atoms with Crippen LogP contribution in [0.25, 0.3) is 0 Å². The van der Waals surface area contributed by atoms with E-state index in [0.717, 1.165) is 17.6 Å². The normalized spacial score (nSPS) is 11.1. The lowest BCUT2D eigenvalue weighted by Crippen LogP contribution is -2.33. The number of aryl methyl sites for hydroxylation is 1. The molecule has 0 heterocycles. The molecule has 0 radical (unpaired) electrons. The molecule has 7 nitrogen and oxygen atoms in total. The molecule has 0 unspecified atom stereocenters. The average Bonchev–Trinajstić information content (AvgIpc) is 2.82. The van der Waals surface area contributed by atoms with Crippen LogP contribution in [0.1, 0.15) is 18.4 Å². The molecule has 0 atom stereocenters. The van der Waals surface area contributed by atoms with E-state index in [2.05, 4.69) is 5.32 Å². The Labute approximate surface area is 211 Å². The summed E-state index contributed by atoms with van der Waals surface area (Å²) in [5.41, 5.74) is 1.34. The number of benzene rings is 3. The van der Waals surface area contributed by atoms with E-state index in [-0.39, 0.29) is 18.9 Å². The maximum absolute atomic E-state index is 12.6. The lowest BCUT2D eigenvalue weighted by atomic mass is 10.2. The van der Waals surface area contributed by atoms with Crippen LogP contribution in [-0.2, 0) is 14.8 Å². The summed E-state index contributed by atoms with van der Waals surface area (Å²) in [6.45, 7) is 2.75. The molecule has 0 spiro atoms. The third-order valence-electron chi connectivity index (χ3n) is 5.10. The van der Waals surface area contributed by atoms with Gasteiger partial charge in [-0.25, -0.2) is 8.42 Å². The Morgan fingerprint density at radius 1 is 1.00 bits per heavy atom. The van der Waals surface area contributed by atoms with Crippen molar-refractivity contribution in [2.24, 2.45) is 0 Å². The summed E-state index contributed by atoms with van der Waals surface area (Å²) >= 11 is 6.17. The Kier molecular flexibility index (Phi) is 9.39. The van der Waals surface area contributed by atoms with Gasteiger partial charge in [0.25, 0.3) is 0 Å². The lowest BCUT2D eigenvalue weighted by molar-refractivity contribution is -0.121. The molecule has 0 saturated heterocycles. The van der Waals surface area contributed by atoms with Crippen LogP contribution in [0.3, 0.4) is 0 Å². The van der Waals surface area contributed by atoms with Crippen LogP contribution in [-0.4, -0.2) is 40.3 Å². The van der Waals surface area contributed by atoms with E-state index < -0.39 is 10.0 Å². The average molecular weight is 517 g/mol. The number of carbonyl (C=O) groups excluding carboxylic acids is 1. The minimum Gasteiger partial charge on any atom is -0.491 e. The number of para-hydroxylation sites is 2. The van der Waals surface area contributed by atoms with Crippen LogP contribution in [0.5, 0.6) is 17.2 Å². The Hall–Kier alpha value is -3.23. The highest BCUT2D eigenvalue weighted by Crippen LogP contribution is 2.36. The van der Waals surface area contributed by atoms with Crippen LogP contribution < -0.4 is 19.1 Å². The molecular weight excluding hydrogens is 488 g/mol. The van der Waals surface area contributed by atoms with Crippen molar-refractivity contribution in [3.63, 3.8) is 0 Å². The second-order valence-corrected chi connectivity index (χ2v) is 10.3. The van der Waals surface area contributed by atoms with Crippen molar-refractivity contribution in [1.29, 1.82) is 0 Å². The Morgan fingerprint density at radius 3 is 2.43 bits per heavy atom. The largest absolute Gasteiger partial charge is 0.491 e. The molecule has 0 aliphatic rings. The minimum atomic E-state index is -3.66. The van der Waals surface area contributed by atoms with Crippen molar-refractivity contribution in [3.8, 4) is 17.2 Å². The molecule has 1 N–H and O–H groups in total. The summed E-state index contributed by atoms with van der Waals surface area (Å²) in [5.74, 6) is 1.51. The summed E-state index contributed by atoms with van der Waals surface area (Å²) in [4.78, 5) is 12.3. The molecule has 35 heavy (non-hydrogen) atoms. The first-order valence-corrected chi connectivity index (χ1v) is 13.4. The van der Waals surface area contributed by atoms with Gasteiger partial charge >= 0.3 is 0 Å². The van der Waals surface area contributed by atoms with Crippen LogP contribution in [0.4, 0.5) is 5.69 Å². The van der Waals surface area contributed by atoms with Gasteiger partial charge in [-0.15, -0.1) is 0 Å². The minimum absolute atomic E-state index is 0.0947. The van der Waals surface area contributed by atoms with E-state index >= 15 is 0 Å². The summed E-state index contributed by atoms with van der Waals surface area (Å²) in [7, 11) is -3.66. The molecule has 0 bridgehead atoms. The zero-order valence-corrected chi connectivity index (χ0v) is 21.3. The number of sulfonamides is 1. The molecular formula is C26H29ClN2O5S. The summed E-state index contributed by atoms with van der Waals surface area (Å²) < 4.78 is 38.0. The predicted molar refractivity (Wildman–Crippen MR) is 139 cm³/mol. The van der Waals surface area contributed by atoms with Gasteiger partial charge in [-0.2, -0.15) is 0 Å². The molecule has 0 aliphatic heterocycles. The first-order valence-electron chi connectivity index (χ1n) is 11.2. The maximum atomic E-state index is 12.6. The molecule has 0 saturated carbocycles. The van der Waals surface area contributed by atoms with Crippen LogP contribution in [0, 0.1) is 6.92 Å². The van der Waals surface area contributed by atoms with Crippen molar-refractivity contribution in [2.45, 2.75) is 19.8 Å². The quantitative estimate of drug-likeness (QED) is 0.335. The lowest BCUT2D eigenvalue weighted by Gasteiger charge is -2.25. The molecule has 0 fully saturated rings. The number of nitrogens with one attached hydrogen (secondary N) is 1. The number of amides is 1. The molecule has 3 aromatic rings. The first-order chi connectivity index (χ1) is 16.7. The van der Waals surface area contributed by atoms with Crippen LogP contribution in [0.15, 0.2) is 72.8 Å². The van der Waals surface area contributed by atoms with E-state index in [1.54, 1.807) is 30.3 Å². The Bertz CT molecular complexity index is 1240. The molecule has 9 heteroatoms. The van der Waals surface area contributed by atoms with Gasteiger partial charge < -0.3 is 14.8 Å². The van der Waals surface area contributed by atoms with Gasteiger partial charge in [0.15, 0.2) is 5.75 Å². The van der Waals surface area contributed by atoms with E-state index in [9.17, 15) is 13.2 Å². The number of rotatable bonds is 12. The number of ether oxygens (including phenoxy) is 2. The molecule has 0 aromatic heterocycles. The monoisotopic (exact) mass is 516 g/mol. The molecule has 3 aromatic carbocycles. The standard InChI is InChI=1S/C26H29ClN2O5S/c1-20-9-6-7-12-24(20)33-18-16-28-26(30)13-8-17-29(35(2,31)32)23-19-21(27)14-15-25(23)34-22-10-4-3-5-11-22/h3-7,9-12,14-15,19H,8,13,16-18H2,1-2H3,(H,28,30). The van der Waals surface area contributed by atoms with Gasteiger partial charge in [-0.3, -0.25) is 9.10 Å². The summed E-state index contributed by atoms with van der Waals surface area (Å²) in [6.07, 6.45) is 1.59. The second-order valence-electron chi connectivity index (χ2n) is 7.93. The van der Waals surface area contributed by atoms with Gasteiger partial charge in [-0.05, 0) is 55.3 Å². The topological polar surface area (TPSA) is 84.9 Å². The third kappa shape index (κ3) is 8.19. The molecule has 186 valence electrons. The van der Waals surface area contributed by atoms with Crippen molar-refractivity contribution in [3.05, 3.63) is 83.4 Å². The SMILES string of the molecule is Cc1ccccc1OCCNC(=O)CCCN(c1cc(Cl)ccc1Oc1ccccc1)S(C)(=O)=O. The summed E-state index contributed by atoms with van der Waals surface area (Å²) in [5, 5.41) is 3.18. The van der Waals surface area contributed by atoms with E-state index in [1.165, 1.54) is 4.31 Å². The van der Waals surface area contributed by atoms with Crippen molar-refractivity contribution < 1.29 is 22.7 Å². The fraction of sp³-hybridized carbons (Fsp3) is 0.269.